The Labute approximate surface area is 109 Å². The quantitative estimate of drug-likeness (QED) is 0.683. The van der Waals surface area contributed by atoms with Gasteiger partial charge in [0.05, 0.1) is 19.8 Å². The van der Waals surface area contributed by atoms with Gasteiger partial charge in [0.25, 0.3) is 0 Å². The van der Waals surface area contributed by atoms with Crippen LogP contribution >= 0.6 is 0 Å². The van der Waals surface area contributed by atoms with Crippen molar-refractivity contribution in [3.8, 4) is 5.75 Å². The van der Waals surface area contributed by atoms with E-state index >= 15 is 0 Å². The molecule has 0 bridgehead atoms. The number of hydrogen-bond acceptors (Lipinski definition) is 4. The lowest BCUT2D eigenvalue weighted by Crippen LogP contribution is -2.08. The summed E-state index contributed by atoms with van der Waals surface area (Å²) in [4.78, 5) is 0. The van der Waals surface area contributed by atoms with Crippen LogP contribution in [0.4, 0.5) is 0 Å². The standard InChI is InChI=1S/C14H23NO3/c1-12-4-5-14(13(10-12)11-15)18-7-3-6-17-9-8-16-2/h4-5,10H,3,6-9,11,15H2,1-2H3. The highest BCUT2D eigenvalue weighted by atomic mass is 16.5. The van der Waals surface area contributed by atoms with E-state index in [1.807, 2.05) is 19.1 Å². The summed E-state index contributed by atoms with van der Waals surface area (Å²) in [6.07, 6.45) is 0.863. The molecule has 0 unspecified atom stereocenters. The van der Waals surface area contributed by atoms with Crippen LogP contribution in [0.1, 0.15) is 17.5 Å². The fourth-order valence-corrected chi connectivity index (χ4v) is 1.60. The Bertz CT molecular complexity index is 342. The van der Waals surface area contributed by atoms with E-state index in [0.717, 1.165) is 17.7 Å². The van der Waals surface area contributed by atoms with Gasteiger partial charge < -0.3 is 19.9 Å². The lowest BCUT2D eigenvalue weighted by molar-refractivity contribution is 0.0644. The van der Waals surface area contributed by atoms with Crippen LogP contribution in [0.2, 0.25) is 0 Å². The van der Waals surface area contributed by atoms with Gasteiger partial charge in [0.2, 0.25) is 0 Å². The van der Waals surface area contributed by atoms with Crippen molar-refractivity contribution >= 4 is 0 Å². The van der Waals surface area contributed by atoms with Crippen molar-refractivity contribution in [2.24, 2.45) is 5.73 Å². The molecule has 0 saturated heterocycles. The Balaban J connectivity index is 2.22. The molecule has 1 aromatic carbocycles. The van der Waals surface area contributed by atoms with Crippen LogP contribution < -0.4 is 10.5 Å². The minimum atomic E-state index is 0.501. The maximum Gasteiger partial charge on any atom is 0.123 e. The third-order valence-corrected chi connectivity index (χ3v) is 2.56. The van der Waals surface area contributed by atoms with Gasteiger partial charge in [0.15, 0.2) is 0 Å². The molecule has 1 aromatic rings. The zero-order valence-electron chi connectivity index (χ0n) is 11.3. The highest BCUT2D eigenvalue weighted by Gasteiger charge is 2.02. The van der Waals surface area contributed by atoms with Crippen molar-refractivity contribution in [1.29, 1.82) is 0 Å². The number of nitrogens with two attached hydrogens (primary N) is 1. The first-order chi connectivity index (χ1) is 8.77. The first-order valence-electron chi connectivity index (χ1n) is 6.27. The molecule has 0 spiro atoms. The van der Waals surface area contributed by atoms with E-state index in [0.29, 0.717) is 33.0 Å². The molecule has 0 aliphatic heterocycles. The van der Waals surface area contributed by atoms with Gasteiger partial charge in [0, 0.05) is 32.2 Å². The monoisotopic (exact) mass is 253 g/mol. The Hall–Kier alpha value is -1.10. The second-order valence-corrected chi connectivity index (χ2v) is 4.12. The van der Waals surface area contributed by atoms with Crippen LogP contribution in [0.5, 0.6) is 5.75 Å². The van der Waals surface area contributed by atoms with Crippen LogP contribution in [0, 0.1) is 6.92 Å². The summed E-state index contributed by atoms with van der Waals surface area (Å²) in [7, 11) is 1.66. The van der Waals surface area contributed by atoms with Crippen molar-refractivity contribution in [2.45, 2.75) is 19.9 Å². The van der Waals surface area contributed by atoms with E-state index in [9.17, 15) is 0 Å². The van der Waals surface area contributed by atoms with Crippen molar-refractivity contribution in [1.82, 2.24) is 0 Å². The van der Waals surface area contributed by atoms with Crippen LogP contribution in [-0.4, -0.2) is 33.5 Å². The summed E-state index contributed by atoms with van der Waals surface area (Å²) in [6, 6.07) is 6.07. The molecule has 0 fully saturated rings. The van der Waals surface area contributed by atoms with Gasteiger partial charge >= 0.3 is 0 Å². The lowest BCUT2D eigenvalue weighted by Gasteiger charge is -2.11. The lowest BCUT2D eigenvalue weighted by atomic mass is 10.1. The minimum Gasteiger partial charge on any atom is -0.493 e. The summed E-state index contributed by atoms with van der Waals surface area (Å²) < 4.78 is 15.9. The number of hydrogen-bond donors (Lipinski definition) is 1. The molecule has 1 rings (SSSR count). The molecule has 0 saturated carbocycles. The van der Waals surface area contributed by atoms with Crippen LogP contribution in [-0.2, 0) is 16.0 Å². The Morgan fingerprint density at radius 3 is 2.67 bits per heavy atom. The van der Waals surface area contributed by atoms with Crippen LogP contribution in [0.15, 0.2) is 18.2 Å². The molecule has 0 heterocycles. The second-order valence-electron chi connectivity index (χ2n) is 4.12. The van der Waals surface area contributed by atoms with Crippen molar-refractivity contribution in [3.63, 3.8) is 0 Å². The van der Waals surface area contributed by atoms with Crippen molar-refractivity contribution in [2.75, 3.05) is 33.5 Å². The first kappa shape index (κ1) is 15.0. The molecule has 0 amide bonds. The number of rotatable bonds is 9. The minimum absolute atomic E-state index is 0.501. The van der Waals surface area contributed by atoms with Gasteiger partial charge in [-0.3, -0.25) is 0 Å². The summed E-state index contributed by atoms with van der Waals surface area (Å²) in [5, 5.41) is 0. The maximum atomic E-state index is 5.70. The molecule has 102 valence electrons. The Kier molecular flexibility index (Phi) is 7.41. The molecule has 4 heteroatoms. The van der Waals surface area contributed by atoms with Gasteiger partial charge in [0.1, 0.15) is 5.75 Å². The third-order valence-electron chi connectivity index (χ3n) is 2.56. The fourth-order valence-electron chi connectivity index (χ4n) is 1.60. The molecule has 0 aliphatic carbocycles. The van der Waals surface area contributed by atoms with Gasteiger partial charge in [-0.15, -0.1) is 0 Å². The van der Waals surface area contributed by atoms with E-state index in [4.69, 9.17) is 19.9 Å². The fraction of sp³-hybridized carbons (Fsp3) is 0.571. The van der Waals surface area contributed by atoms with E-state index < -0.39 is 0 Å². The molecular formula is C14H23NO3. The van der Waals surface area contributed by atoms with Crippen LogP contribution in [0.25, 0.3) is 0 Å². The number of benzene rings is 1. The average Bonchev–Trinajstić information content (AvgIpc) is 2.39. The SMILES string of the molecule is COCCOCCCOc1ccc(C)cc1CN. The van der Waals surface area contributed by atoms with Gasteiger partial charge in [-0.1, -0.05) is 17.7 Å². The van der Waals surface area contributed by atoms with Gasteiger partial charge in [-0.25, -0.2) is 0 Å². The van der Waals surface area contributed by atoms with Crippen LogP contribution in [0.3, 0.4) is 0 Å². The second kappa shape index (κ2) is 8.91. The summed E-state index contributed by atoms with van der Waals surface area (Å²) in [5.41, 5.74) is 7.94. The summed E-state index contributed by atoms with van der Waals surface area (Å²) in [6.45, 7) is 5.15. The summed E-state index contributed by atoms with van der Waals surface area (Å²) in [5.74, 6) is 0.875. The number of methoxy groups -OCH3 is 1. The van der Waals surface area contributed by atoms with E-state index in [1.165, 1.54) is 5.56 Å². The topological polar surface area (TPSA) is 53.7 Å². The summed E-state index contributed by atoms with van der Waals surface area (Å²) >= 11 is 0. The first-order valence-corrected chi connectivity index (χ1v) is 6.27. The molecule has 0 radical (unpaired) electrons. The highest BCUT2D eigenvalue weighted by molar-refractivity contribution is 5.36. The molecule has 0 atom stereocenters. The van der Waals surface area contributed by atoms with Gasteiger partial charge in [-0.2, -0.15) is 0 Å². The zero-order chi connectivity index (χ0) is 13.2. The number of ether oxygens (including phenoxy) is 3. The highest BCUT2D eigenvalue weighted by Crippen LogP contribution is 2.19. The van der Waals surface area contributed by atoms with E-state index in [2.05, 4.69) is 6.07 Å². The van der Waals surface area contributed by atoms with Crippen molar-refractivity contribution in [3.05, 3.63) is 29.3 Å². The predicted octanol–water partition coefficient (Wildman–Crippen LogP) is 1.89. The smallest absolute Gasteiger partial charge is 0.123 e. The Morgan fingerprint density at radius 2 is 1.94 bits per heavy atom. The molecule has 18 heavy (non-hydrogen) atoms. The molecule has 2 N–H and O–H groups in total. The molecule has 4 nitrogen and oxygen atoms in total. The maximum absolute atomic E-state index is 5.70. The molecule has 0 aromatic heterocycles. The largest absolute Gasteiger partial charge is 0.493 e. The molecule has 0 aliphatic rings. The van der Waals surface area contributed by atoms with Gasteiger partial charge in [-0.05, 0) is 13.0 Å². The van der Waals surface area contributed by atoms with E-state index in [1.54, 1.807) is 7.11 Å². The van der Waals surface area contributed by atoms with Crippen molar-refractivity contribution < 1.29 is 14.2 Å². The normalized spacial score (nSPS) is 10.6. The zero-order valence-corrected chi connectivity index (χ0v) is 11.3. The number of aryl methyl sites for hydroxylation is 1. The average molecular weight is 253 g/mol. The molecular weight excluding hydrogens is 230 g/mol. The predicted molar refractivity (Wildman–Crippen MR) is 71.9 cm³/mol. The Morgan fingerprint density at radius 1 is 1.11 bits per heavy atom. The van der Waals surface area contributed by atoms with E-state index in [-0.39, 0.29) is 0 Å². The third kappa shape index (κ3) is 5.49.